The molecule has 1 aliphatic carbocycles. The van der Waals surface area contributed by atoms with Crippen molar-refractivity contribution >= 4 is 18.0 Å². The quantitative estimate of drug-likeness (QED) is 0.739. The first-order valence-corrected chi connectivity index (χ1v) is 9.36. The zero-order chi connectivity index (χ0) is 20.0. The third-order valence-corrected chi connectivity index (χ3v) is 5.54. The summed E-state index contributed by atoms with van der Waals surface area (Å²) >= 11 is 0. The Morgan fingerprint density at radius 3 is 2.34 bits per heavy atom. The van der Waals surface area contributed by atoms with Gasteiger partial charge in [-0.05, 0) is 22.3 Å². The molecule has 2 aromatic carbocycles. The fourth-order valence-corrected chi connectivity index (χ4v) is 4.15. The van der Waals surface area contributed by atoms with E-state index in [1.807, 2.05) is 36.4 Å². The smallest absolute Gasteiger partial charge is 0.416 e. The van der Waals surface area contributed by atoms with Crippen molar-refractivity contribution in [1.82, 2.24) is 14.8 Å². The number of carbonyl (C=O) groups is 2. The summed E-state index contributed by atoms with van der Waals surface area (Å²) in [6, 6.07) is 16.2. The number of carboxylic acid groups (broad SMARTS) is 1. The number of carboxylic acids is 1. The Hall–Kier alpha value is -3.68. The Balaban J connectivity index is 1.38. The lowest BCUT2D eigenvalue weighted by atomic mass is 9.98. The maximum Gasteiger partial charge on any atom is 0.416 e. The number of aromatic nitrogens is 3. The number of benzene rings is 2. The summed E-state index contributed by atoms with van der Waals surface area (Å²) in [5, 5.41) is 13.4. The molecule has 0 radical (unpaired) electrons. The molecule has 29 heavy (non-hydrogen) atoms. The minimum Gasteiger partial charge on any atom is -0.481 e. The van der Waals surface area contributed by atoms with Crippen molar-refractivity contribution in [2.24, 2.45) is 5.92 Å². The summed E-state index contributed by atoms with van der Waals surface area (Å²) in [7, 11) is 0. The van der Waals surface area contributed by atoms with E-state index in [9.17, 15) is 14.7 Å². The van der Waals surface area contributed by atoms with Gasteiger partial charge in [0.1, 0.15) is 12.9 Å². The van der Waals surface area contributed by atoms with Crippen LogP contribution in [-0.4, -0.2) is 45.1 Å². The van der Waals surface area contributed by atoms with Crippen molar-refractivity contribution in [1.29, 1.82) is 0 Å². The minimum atomic E-state index is -0.984. The van der Waals surface area contributed by atoms with Crippen LogP contribution in [0, 0.1) is 5.92 Å². The van der Waals surface area contributed by atoms with Crippen LogP contribution in [0.4, 0.5) is 10.7 Å². The Morgan fingerprint density at radius 1 is 1.03 bits per heavy atom. The Morgan fingerprint density at radius 2 is 1.69 bits per heavy atom. The van der Waals surface area contributed by atoms with Gasteiger partial charge in [0.15, 0.2) is 0 Å². The third kappa shape index (κ3) is 2.84. The summed E-state index contributed by atoms with van der Waals surface area (Å²) < 4.78 is 7.07. The molecule has 2 aliphatic rings. The van der Waals surface area contributed by atoms with E-state index < -0.39 is 18.0 Å². The molecule has 0 spiro atoms. The molecule has 2 heterocycles. The van der Waals surface area contributed by atoms with Crippen molar-refractivity contribution in [2.45, 2.75) is 12.5 Å². The second kappa shape index (κ2) is 6.73. The van der Waals surface area contributed by atoms with Gasteiger partial charge in [0.25, 0.3) is 0 Å². The maximum absolute atomic E-state index is 12.8. The molecule has 1 aromatic heterocycles. The number of nitrogens with zero attached hydrogens (tertiary/aromatic N) is 4. The molecule has 3 aromatic rings. The molecule has 1 amide bonds. The Kier molecular flexibility index (Phi) is 4.04. The standard InChI is InChI=1S/C21H18N4O4/c26-19(27)13-9-24(20-22-12-23-25(20)10-13)21(28)29-11-18-16-7-3-1-5-14(16)15-6-2-4-8-17(15)18/h1-8,12-13,18H,9-11H2,(H,26,27). The fraction of sp³-hybridized carbons (Fsp3) is 0.238. The first kappa shape index (κ1) is 17.4. The molecule has 8 nitrogen and oxygen atoms in total. The van der Waals surface area contributed by atoms with Gasteiger partial charge in [-0.15, -0.1) is 0 Å². The van der Waals surface area contributed by atoms with E-state index in [0.29, 0.717) is 5.95 Å². The van der Waals surface area contributed by atoms with E-state index in [1.165, 1.54) is 15.9 Å². The molecule has 0 saturated heterocycles. The lowest BCUT2D eigenvalue weighted by Crippen LogP contribution is -2.45. The highest BCUT2D eigenvalue weighted by atomic mass is 16.6. The van der Waals surface area contributed by atoms with Crippen molar-refractivity contribution in [2.75, 3.05) is 18.1 Å². The van der Waals surface area contributed by atoms with Gasteiger partial charge in [0.05, 0.1) is 12.5 Å². The highest BCUT2D eigenvalue weighted by Crippen LogP contribution is 2.44. The van der Waals surface area contributed by atoms with Gasteiger partial charge in [0, 0.05) is 12.5 Å². The molecular formula is C21H18N4O4. The van der Waals surface area contributed by atoms with Crippen LogP contribution in [0.5, 0.6) is 0 Å². The highest BCUT2D eigenvalue weighted by molar-refractivity contribution is 5.87. The molecule has 146 valence electrons. The van der Waals surface area contributed by atoms with Gasteiger partial charge in [-0.1, -0.05) is 48.5 Å². The number of hydrogen-bond donors (Lipinski definition) is 1. The predicted octanol–water partition coefficient (Wildman–Crippen LogP) is 2.75. The van der Waals surface area contributed by atoms with Gasteiger partial charge >= 0.3 is 12.1 Å². The van der Waals surface area contributed by atoms with E-state index in [2.05, 4.69) is 22.2 Å². The summed E-state index contributed by atoms with van der Waals surface area (Å²) in [6.45, 7) is 0.345. The summed E-state index contributed by atoms with van der Waals surface area (Å²) in [5.41, 5.74) is 4.53. The second-order valence-electron chi connectivity index (χ2n) is 7.19. The number of hydrogen-bond acceptors (Lipinski definition) is 5. The van der Waals surface area contributed by atoms with Gasteiger partial charge in [-0.2, -0.15) is 10.1 Å². The summed E-state index contributed by atoms with van der Waals surface area (Å²) in [6.07, 6.45) is 0.690. The van der Waals surface area contributed by atoms with Gasteiger partial charge in [-0.25, -0.2) is 14.4 Å². The number of carbonyl (C=O) groups excluding carboxylic acids is 1. The lowest BCUT2D eigenvalue weighted by molar-refractivity contribution is -0.142. The van der Waals surface area contributed by atoms with Gasteiger partial charge in [-0.3, -0.25) is 4.79 Å². The molecule has 1 unspecified atom stereocenters. The van der Waals surface area contributed by atoms with Crippen LogP contribution in [0.25, 0.3) is 11.1 Å². The van der Waals surface area contributed by atoms with Crippen LogP contribution in [0.3, 0.4) is 0 Å². The van der Waals surface area contributed by atoms with E-state index in [4.69, 9.17) is 4.74 Å². The molecule has 5 rings (SSSR count). The maximum atomic E-state index is 12.8. The number of fused-ring (bicyclic) bond motifs is 4. The van der Waals surface area contributed by atoms with E-state index in [-0.39, 0.29) is 25.6 Å². The van der Waals surface area contributed by atoms with Crippen LogP contribution >= 0.6 is 0 Å². The molecule has 0 fully saturated rings. The number of rotatable bonds is 3. The largest absolute Gasteiger partial charge is 0.481 e. The van der Waals surface area contributed by atoms with Gasteiger partial charge < -0.3 is 9.84 Å². The number of aliphatic carboxylic acids is 1. The normalized spacial score (nSPS) is 17.4. The molecule has 8 heteroatoms. The zero-order valence-corrected chi connectivity index (χ0v) is 15.4. The first-order chi connectivity index (χ1) is 14.1. The van der Waals surface area contributed by atoms with Crippen molar-refractivity contribution in [3.05, 3.63) is 66.0 Å². The van der Waals surface area contributed by atoms with E-state index in [0.717, 1.165) is 22.3 Å². The summed E-state index contributed by atoms with van der Waals surface area (Å²) in [4.78, 5) is 29.6. The number of ether oxygens (including phenoxy) is 1. The SMILES string of the molecule is O=C(O)C1CN(C(=O)OCC2c3ccccc3-c3ccccc32)c2ncnn2C1. The number of amides is 1. The monoisotopic (exact) mass is 390 g/mol. The molecule has 1 atom stereocenters. The molecule has 1 aliphatic heterocycles. The number of anilines is 1. The van der Waals surface area contributed by atoms with Crippen LogP contribution < -0.4 is 4.90 Å². The third-order valence-electron chi connectivity index (χ3n) is 5.54. The molecule has 1 N–H and O–H groups in total. The first-order valence-electron chi connectivity index (χ1n) is 9.36. The van der Waals surface area contributed by atoms with Crippen LogP contribution in [0.15, 0.2) is 54.9 Å². The molecular weight excluding hydrogens is 372 g/mol. The fourth-order valence-electron chi connectivity index (χ4n) is 4.15. The van der Waals surface area contributed by atoms with E-state index >= 15 is 0 Å². The van der Waals surface area contributed by atoms with E-state index in [1.54, 1.807) is 0 Å². The predicted molar refractivity (Wildman–Crippen MR) is 104 cm³/mol. The van der Waals surface area contributed by atoms with Crippen LogP contribution in [-0.2, 0) is 16.1 Å². The molecule has 0 bridgehead atoms. The van der Waals surface area contributed by atoms with Gasteiger partial charge in [0.2, 0.25) is 5.95 Å². The second-order valence-corrected chi connectivity index (χ2v) is 7.19. The van der Waals surface area contributed by atoms with Crippen molar-refractivity contribution < 1.29 is 19.4 Å². The average Bonchev–Trinajstić information content (AvgIpc) is 3.34. The lowest BCUT2D eigenvalue weighted by Gasteiger charge is -2.29. The van der Waals surface area contributed by atoms with Crippen molar-refractivity contribution in [3.63, 3.8) is 0 Å². The van der Waals surface area contributed by atoms with Crippen LogP contribution in [0.2, 0.25) is 0 Å². The van der Waals surface area contributed by atoms with Crippen LogP contribution in [0.1, 0.15) is 17.0 Å². The Bertz CT molecular complexity index is 1060. The molecule has 0 saturated carbocycles. The minimum absolute atomic E-state index is 0.00466. The topological polar surface area (TPSA) is 97.6 Å². The average molecular weight is 390 g/mol. The Labute approximate surface area is 166 Å². The van der Waals surface area contributed by atoms with Crippen molar-refractivity contribution in [3.8, 4) is 11.1 Å². The summed E-state index contributed by atoms with van der Waals surface area (Å²) in [5.74, 6) is -1.50. The zero-order valence-electron chi connectivity index (χ0n) is 15.4. The highest BCUT2D eigenvalue weighted by Gasteiger charge is 2.36.